The van der Waals surface area contributed by atoms with Gasteiger partial charge in [0.2, 0.25) is 0 Å². The van der Waals surface area contributed by atoms with Gasteiger partial charge in [-0.1, -0.05) is 37.6 Å². The minimum absolute atomic E-state index is 0.172. The molecule has 1 N–H and O–H groups in total. The number of nitrogens with one attached hydrogen (secondary N) is 1. The largest absolute Gasteiger partial charge is 0.377 e. The molecule has 2 heterocycles. The second kappa shape index (κ2) is 7.61. The number of rotatable bonds is 3. The van der Waals surface area contributed by atoms with Gasteiger partial charge >= 0.3 is 0 Å². The summed E-state index contributed by atoms with van der Waals surface area (Å²) in [5.74, 6) is 1.67. The van der Waals surface area contributed by atoms with Crippen molar-refractivity contribution in [2.24, 2.45) is 16.3 Å². The van der Waals surface area contributed by atoms with E-state index in [-0.39, 0.29) is 5.41 Å². The molecule has 1 aromatic rings. The van der Waals surface area contributed by atoms with E-state index in [1.807, 2.05) is 19.2 Å². The Morgan fingerprint density at radius 1 is 1.30 bits per heavy atom. The number of hydrogen-bond acceptors (Lipinski definition) is 3. The lowest BCUT2D eigenvalue weighted by molar-refractivity contribution is -0.107. The summed E-state index contributed by atoms with van der Waals surface area (Å²) in [6, 6.07) is 8.62. The molecule has 5 nitrogen and oxygen atoms in total. The quantitative estimate of drug-likeness (QED) is 0.636. The molecule has 2 saturated heterocycles. The fourth-order valence-electron chi connectivity index (χ4n) is 5.06. The molecule has 0 spiro atoms. The van der Waals surface area contributed by atoms with Gasteiger partial charge < -0.3 is 15.0 Å². The lowest BCUT2D eigenvalue weighted by Gasteiger charge is -2.55. The first-order valence-corrected chi connectivity index (χ1v) is 10.4. The molecule has 3 aliphatic rings. The van der Waals surface area contributed by atoms with Crippen molar-refractivity contribution in [1.82, 2.24) is 15.1 Å². The monoisotopic (exact) mass is 390 g/mol. The lowest BCUT2D eigenvalue weighted by Crippen LogP contribution is -2.68. The maximum atomic E-state index is 6.12. The van der Waals surface area contributed by atoms with Crippen molar-refractivity contribution in [2.45, 2.75) is 39.0 Å². The van der Waals surface area contributed by atoms with E-state index < -0.39 is 0 Å². The van der Waals surface area contributed by atoms with E-state index in [0.717, 1.165) is 56.7 Å². The zero-order valence-electron chi connectivity index (χ0n) is 16.6. The Labute approximate surface area is 167 Å². The van der Waals surface area contributed by atoms with Gasteiger partial charge in [-0.2, -0.15) is 0 Å². The number of hydrogen-bond donors (Lipinski definition) is 1. The van der Waals surface area contributed by atoms with Crippen LogP contribution in [0.4, 0.5) is 0 Å². The zero-order valence-corrected chi connectivity index (χ0v) is 17.4. The summed E-state index contributed by atoms with van der Waals surface area (Å²) < 4.78 is 5.93. The first-order chi connectivity index (χ1) is 13.0. The SMILES string of the molecule is CN=C(NC1C2CCOC2C1(C)C)N1CCN(Cc2cccc(Cl)c2)CC1. The smallest absolute Gasteiger partial charge is 0.193 e. The Morgan fingerprint density at radius 3 is 2.78 bits per heavy atom. The van der Waals surface area contributed by atoms with Crippen LogP contribution in [0.2, 0.25) is 5.02 Å². The van der Waals surface area contributed by atoms with Crippen molar-refractivity contribution in [1.29, 1.82) is 0 Å². The molecule has 3 fully saturated rings. The number of guanidine groups is 1. The van der Waals surface area contributed by atoms with Crippen molar-refractivity contribution in [2.75, 3.05) is 39.8 Å². The van der Waals surface area contributed by atoms with E-state index in [2.05, 4.69) is 46.1 Å². The predicted octanol–water partition coefficient (Wildman–Crippen LogP) is 2.85. The number of halogens is 1. The topological polar surface area (TPSA) is 40.1 Å². The highest BCUT2D eigenvalue weighted by molar-refractivity contribution is 6.30. The van der Waals surface area contributed by atoms with Crippen LogP contribution < -0.4 is 5.32 Å². The highest BCUT2D eigenvalue weighted by Crippen LogP contribution is 2.52. The second-order valence-electron chi connectivity index (χ2n) is 8.63. The van der Waals surface area contributed by atoms with Gasteiger partial charge in [0.05, 0.1) is 6.10 Å². The molecule has 1 saturated carbocycles. The van der Waals surface area contributed by atoms with Gasteiger partial charge in [-0.3, -0.25) is 9.89 Å². The molecule has 0 radical (unpaired) electrons. The summed E-state index contributed by atoms with van der Waals surface area (Å²) in [7, 11) is 1.90. The predicted molar refractivity (Wildman–Crippen MR) is 110 cm³/mol. The second-order valence-corrected chi connectivity index (χ2v) is 9.06. The summed E-state index contributed by atoms with van der Waals surface area (Å²) in [5, 5.41) is 4.58. The molecule has 27 heavy (non-hydrogen) atoms. The molecule has 1 aliphatic carbocycles. The first kappa shape index (κ1) is 19.0. The average Bonchev–Trinajstić information content (AvgIpc) is 3.11. The minimum Gasteiger partial charge on any atom is -0.377 e. The molecule has 1 aromatic carbocycles. The molecule has 4 rings (SSSR count). The molecule has 0 amide bonds. The van der Waals surface area contributed by atoms with Gasteiger partial charge in [-0.15, -0.1) is 0 Å². The highest BCUT2D eigenvalue weighted by Gasteiger charge is 2.59. The third-order valence-electron chi connectivity index (χ3n) is 6.56. The maximum Gasteiger partial charge on any atom is 0.193 e. The summed E-state index contributed by atoms with van der Waals surface area (Å²) in [4.78, 5) is 9.47. The summed E-state index contributed by atoms with van der Waals surface area (Å²) in [5.41, 5.74) is 1.45. The maximum absolute atomic E-state index is 6.12. The van der Waals surface area contributed by atoms with Crippen LogP contribution in [-0.2, 0) is 11.3 Å². The number of ether oxygens (including phenoxy) is 1. The van der Waals surface area contributed by atoms with Crippen LogP contribution in [0.25, 0.3) is 0 Å². The molecular weight excluding hydrogens is 360 g/mol. The van der Waals surface area contributed by atoms with Gasteiger partial charge in [-0.05, 0) is 24.1 Å². The molecular formula is C21H31ClN4O. The molecule has 0 aromatic heterocycles. The molecule has 3 unspecified atom stereocenters. The number of aliphatic imine (C=N–C) groups is 1. The summed E-state index contributed by atoms with van der Waals surface area (Å²) >= 11 is 6.12. The lowest BCUT2D eigenvalue weighted by atomic mass is 9.57. The van der Waals surface area contributed by atoms with Gasteiger partial charge in [0.1, 0.15) is 0 Å². The van der Waals surface area contributed by atoms with E-state index in [4.69, 9.17) is 16.3 Å². The van der Waals surface area contributed by atoms with Gasteiger partial charge in [0.15, 0.2) is 5.96 Å². The highest BCUT2D eigenvalue weighted by atomic mass is 35.5. The Bertz CT molecular complexity index is 699. The Balaban J connectivity index is 1.32. The van der Waals surface area contributed by atoms with E-state index in [0.29, 0.717) is 18.1 Å². The number of nitrogens with zero attached hydrogens (tertiary/aromatic N) is 3. The van der Waals surface area contributed by atoms with E-state index in [1.165, 1.54) is 5.56 Å². The van der Waals surface area contributed by atoms with Crippen molar-refractivity contribution < 1.29 is 4.74 Å². The third kappa shape index (κ3) is 3.69. The Kier molecular flexibility index (Phi) is 5.36. The van der Waals surface area contributed by atoms with Gasteiger partial charge in [-0.25, -0.2) is 0 Å². The summed E-state index contributed by atoms with van der Waals surface area (Å²) in [6.45, 7) is 10.6. The van der Waals surface area contributed by atoms with Crippen LogP contribution in [0.3, 0.4) is 0 Å². The molecule has 6 heteroatoms. The third-order valence-corrected chi connectivity index (χ3v) is 6.80. The molecule has 0 bridgehead atoms. The van der Waals surface area contributed by atoms with Crippen molar-refractivity contribution in [3.05, 3.63) is 34.9 Å². The van der Waals surface area contributed by atoms with Crippen LogP contribution >= 0.6 is 11.6 Å². The zero-order chi connectivity index (χ0) is 19.0. The van der Waals surface area contributed by atoms with Gasteiger partial charge in [0, 0.05) is 68.8 Å². The van der Waals surface area contributed by atoms with E-state index in [1.54, 1.807) is 0 Å². The fraction of sp³-hybridized carbons (Fsp3) is 0.667. The average molecular weight is 391 g/mol. The Morgan fingerprint density at radius 2 is 2.07 bits per heavy atom. The standard InChI is InChI=1S/C21H31ClN4O/c1-21(2)18(17-7-12-27-19(17)21)24-20(23-3)26-10-8-25(9-11-26)14-15-5-4-6-16(22)13-15/h4-6,13,17-19H,7-12,14H2,1-3H3,(H,23,24). The van der Waals surface area contributed by atoms with Crippen molar-refractivity contribution >= 4 is 17.6 Å². The summed E-state index contributed by atoms with van der Waals surface area (Å²) in [6.07, 6.45) is 1.57. The first-order valence-electron chi connectivity index (χ1n) is 10.1. The Hall–Kier alpha value is -1.30. The number of fused-ring (bicyclic) bond motifs is 1. The van der Waals surface area contributed by atoms with E-state index >= 15 is 0 Å². The minimum atomic E-state index is 0.172. The van der Waals surface area contributed by atoms with E-state index in [9.17, 15) is 0 Å². The number of piperazine rings is 1. The van der Waals surface area contributed by atoms with Crippen LogP contribution in [0.15, 0.2) is 29.3 Å². The van der Waals surface area contributed by atoms with Crippen LogP contribution in [-0.4, -0.2) is 67.7 Å². The van der Waals surface area contributed by atoms with Crippen molar-refractivity contribution in [3.8, 4) is 0 Å². The van der Waals surface area contributed by atoms with Crippen LogP contribution in [0, 0.1) is 11.3 Å². The fourth-order valence-corrected chi connectivity index (χ4v) is 5.28. The normalized spacial score (nSPS) is 30.7. The van der Waals surface area contributed by atoms with Crippen molar-refractivity contribution in [3.63, 3.8) is 0 Å². The molecule has 3 atom stereocenters. The molecule has 2 aliphatic heterocycles. The van der Waals surface area contributed by atoms with Crippen LogP contribution in [0.5, 0.6) is 0 Å². The molecule has 148 valence electrons. The van der Waals surface area contributed by atoms with Gasteiger partial charge in [0.25, 0.3) is 0 Å². The number of benzene rings is 1. The van der Waals surface area contributed by atoms with Crippen LogP contribution in [0.1, 0.15) is 25.8 Å².